The Hall–Kier alpha value is -0.640. The first-order chi connectivity index (χ1) is 7.66. The molecule has 2 rings (SSSR count). The zero-order valence-corrected chi connectivity index (χ0v) is 11.0. The molecule has 0 aliphatic heterocycles. The molecule has 16 heavy (non-hydrogen) atoms. The summed E-state index contributed by atoms with van der Waals surface area (Å²) >= 11 is 7.80. The van der Waals surface area contributed by atoms with E-state index in [9.17, 15) is 0 Å². The maximum atomic E-state index is 6.11. The Labute approximate surface area is 105 Å². The van der Waals surface area contributed by atoms with E-state index < -0.39 is 0 Å². The van der Waals surface area contributed by atoms with E-state index in [0.29, 0.717) is 6.04 Å². The second-order valence-corrected chi connectivity index (χ2v) is 5.55. The van der Waals surface area contributed by atoms with Gasteiger partial charge in [-0.05, 0) is 12.1 Å². The minimum Gasteiger partial charge on any atom is -0.314 e. The monoisotopic (exact) mass is 254 g/mol. The SMILES string of the molecule is CC(C)NCCc1nc2cccc(Cl)c2s1. The van der Waals surface area contributed by atoms with E-state index in [2.05, 4.69) is 24.1 Å². The predicted molar refractivity (Wildman–Crippen MR) is 71.5 cm³/mol. The zero-order valence-electron chi connectivity index (χ0n) is 9.46. The quantitative estimate of drug-likeness (QED) is 0.904. The van der Waals surface area contributed by atoms with Crippen molar-refractivity contribution in [2.24, 2.45) is 0 Å². The lowest BCUT2D eigenvalue weighted by Gasteiger charge is -2.05. The Balaban J connectivity index is 2.11. The first-order valence-corrected chi connectivity index (χ1v) is 6.63. The molecule has 4 heteroatoms. The summed E-state index contributed by atoms with van der Waals surface area (Å²) in [6.07, 6.45) is 0.966. The van der Waals surface area contributed by atoms with Crippen molar-refractivity contribution in [3.05, 3.63) is 28.2 Å². The molecule has 0 bridgehead atoms. The van der Waals surface area contributed by atoms with Gasteiger partial charge >= 0.3 is 0 Å². The molecule has 1 heterocycles. The third kappa shape index (κ3) is 2.73. The van der Waals surface area contributed by atoms with Crippen molar-refractivity contribution < 1.29 is 0 Å². The molecule has 1 aromatic heterocycles. The summed E-state index contributed by atoms with van der Waals surface area (Å²) in [5.41, 5.74) is 1.01. The fourth-order valence-corrected chi connectivity index (χ4v) is 2.79. The van der Waals surface area contributed by atoms with Crippen LogP contribution in [0.15, 0.2) is 18.2 Å². The van der Waals surface area contributed by atoms with E-state index in [-0.39, 0.29) is 0 Å². The number of thiazole rings is 1. The molecule has 1 aromatic carbocycles. The molecule has 0 aliphatic carbocycles. The van der Waals surface area contributed by atoms with Gasteiger partial charge in [0.2, 0.25) is 0 Å². The molecule has 0 amide bonds. The van der Waals surface area contributed by atoms with Crippen LogP contribution in [0.2, 0.25) is 5.02 Å². The number of benzene rings is 1. The highest BCUT2D eigenvalue weighted by Crippen LogP contribution is 2.29. The van der Waals surface area contributed by atoms with Crippen LogP contribution in [0.3, 0.4) is 0 Å². The van der Waals surface area contributed by atoms with Crippen LogP contribution < -0.4 is 5.32 Å². The fraction of sp³-hybridized carbons (Fsp3) is 0.417. The molecule has 0 spiro atoms. The Morgan fingerprint density at radius 1 is 1.44 bits per heavy atom. The van der Waals surface area contributed by atoms with Crippen LogP contribution >= 0.6 is 22.9 Å². The van der Waals surface area contributed by atoms with E-state index >= 15 is 0 Å². The first kappa shape index (κ1) is 11.8. The van der Waals surface area contributed by atoms with Crippen molar-refractivity contribution in [1.29, 1.82) is 0 Å². The second kappa shape index (κ2) is 5.13. The molecule has 0 fully saturated rings. The van der Waals surface area contributed by atoms with Crippen LogP contribution in [0.1, 0.15) is 18.9 Å². The van der Waals surface area contributed by atoms with Gasteiger partial charge in [-0.25, -0.2) is 4.98 Å². The van der Waals surface area contributed by atoms with Crippen LogP contribution in [0.5, 0.6) is 0 Å². The smallest absolute Gasteiger partial charge is 0.0951 e. The van der Waals surface area contributed by atoms with Crippen LogP contribution in [-0.2, 0) is 6.42 Å². The number of aromatic nitrogens is 1. The predicted octanol–water partition coefficient (Wildman–Crippen LogP) is 3.49. The van der Waals surface area contributed by atoms with Crippen molar-refractivity contribution in [3.8, 4) is 0 Å². The summed E-state index contributed by atoms with van der Waals surface area (Å²) in [6.45, 7) is 5.26. The number of nitrogens with one attached hydrogen (secondary N) is 1. The largest absolute Gasteiger partial charge is 0.314 e. The van der Waals surface area contributed by atoms with Gasteiger partial charge in [-0.15, -0.1) is 11.3 Å². The minimum absolute atomic E-state index is 0.526. The number of nitrogens with zero attached hydrogens (tertiary/aromatic N) is 1. The van der Waals surface area contributed by atoms with E-state index in [4.69, 9.17) is 11.6 Å². The highest BCUT2D eigenvalue weighted by Gasteiger charge is 2.06. The van der Waals surface area contributed by atoms with Crippen molar-refractivity contribution in [2.45, 2.75) is 26.3 Å². The highest BCUT2D eigenvalue weighted by molar-refractivity contribution is 7.19. The van der Waals surface area contributed by atoms with Gasteiger partial charge in [0.05, 0.1) is 20.2 Å². The number of rotatable bonds is 4. The zero-order chi connectivity index (χ0) is 11.5. The van der Waals surface area contributed by atoms with Gasteiger partial charge in [0, 0.05) is 19.0 Å². The normalized spacial score (nSPS) is 11.5. The number of hydrogen-bond acceptors (Lipinski definition) is 3. The van der Waals surface area contributed by atoms with E-state index in [1.165, 1.54) is 0 Å². The summed E-state index contributed by atoms with van der Waals surface area (Å²) < 4.78 is 1.10. The summed E-state index contributed by atoms with van der Waals surface area (Å²) in [7, 11) is 0. The summed E-state index contributed by atoms with van der Waals surface area (Å²) in [6, 6.07) is 6.40. The van der Waals surface area contributed by atoms with Crippen molar-refractivity contribution in [1.82, 2.24) is 10.3 Å². The second-order valence-electron chi connectivity index (χ2n) is 4.05. The lowest BCUT2D eigenvalue weighted by molar-refractivity contribution is 0.590. The molecule has 0 aliphatic rings. The average Bonchev–Trinajstić information content (AvgIpc) is 2.61. The number of hydrogen-bond donors (Lipinski definition) is 1. The molecule has 0 saturated heterocycles. The van der Waals surface area contributed by atoms with E-state index in [0.717, 1.165) is 33.2 Å². The van der Waals surface area contributed by atoms with Gasteiger partial charge in [0.25, 0.3) is 0 Å². The van der Waals surface area contributed by atoms with Gasteiger partial charge < -0.3 is 5.32 Å². The number of fused-ring (bicyclic) bond motifs is 1. The molecule has 86 valence electrons. The Morgan fingerprint density at radius 2 is 2.25 bits per heavy atom. The summed E-state index contributed by atoms with van der Waals surface area (Å²) in [5, 5.41) is 5.34. The van der Waals surface area contributed by atoms with Crippen molar-refractivity contribution in [3.63, 3.8) is 0 Å². The molecular formula is C12H15ClN2S. The maximum Gasteiger partial charge on any atom is 0.0951 e. The van der Waals surface area contributed by atoms with Gasteiger partial charge in [-0.3, -0.25) is 0 Å². The molecule has 2 aromatic rings. The Morgan fingerprint density at radius 3 is 2.94 bits per heavy atom. The summed E-state index contributed by atoms with van der Waals surface area (Å²) in [4.78, 5) is 4.56. The van der Waals surface area contributed by atoms with Crippen molar-refractivity contribution >= 4 is 33.2 Å². The van der Waals surface area contributed by atoms with Crippen molar-refractivity contribution in [2.75, 3.05) is 6.54 Å². The molecule has 0 saturated carbocycles. The molecule has 2 nitrogen and oxygen atoms in total. The maximum absolute atomic E-state index is 6.11. The number of halogens is 1. The van der Waals surface area contributed by atoms with Crippen LogP contribution in [0.25, 0.3) is 10.2 Å². The Bertz CT molecular complexity index is 479. The third-order valence-electron chi connectivity index (χ3n) is 2.30. The average molecular weight is 255 g/mol. The van der Waals surface area contributed by atoms with Gasteiger partial charge in [0.15, 0.2) is 0 Å². The van der Waals surface area contributed by atoms with Gasteiger partial charge in [-0.1, -0.05) is 31.5 Å². The topological polar surface area (TPSA) is 24.9 Å². The molecular weight excluding hydrogens is 240 g/mol. The first-order valence-electron chi connectivity index (χ1n) is 5.44. The lowest BCUT2D eigenvalue weighted by atomic mass is 10.3. The molecule has 0 unspecified atom stereocenters. The van der Waals surface area contributed by atoms with Gasteiger partial charge in [0.1, 0.15) is 0 Å². The minimum atomic E-state index is 0.526. The Kier molecular flexibility index (Phi) is 3.79. The molecule has 1 N–H and O–H groups in total. The summed E-state index contributed by atoms with van der Waals surface area (Å²) in [5.74, 6) is 0. The fourth-order valence-electron chi connectivity index (χ4n) is 1.54. The van der Waals surface area contributed by atoms with E-state index in [1.807, 2.05) is 18.2 Å². The standard InChI is InChI=1S/C12H15ClN2S/c1-8(2)14-7-6-11-15-10-5-3-4-9(13)12(10)16-11/h3-5,8,14H,6-7H2,1-2H3. The lowest BCUT2D eigenvalue weighted by Crippen LogP contribution is -2.24. The van der Waals surface area contributed by atoms with Crippen LogP contribution in [0.4, 0.5) is 0 Å². The van der Waals surface area contributed by atoms with E-state index in [1.54, 1.807) is 11.3 Å². The molecule has 0 atom stereocenters. The van der Waals surface area contributed by atoms with Crippen LogP contribution in [-0.4, -0.2) is 17.6 Å². The van der Waals surface area contributed by atoms with Crippen LogP contribution in [0, 0.1) is 0 Å². The third-order valence-corrected chi connectivity index (χ3v) is 3.89. The highest BCUT2D eigenvalue weighted by atomic mass is 35.5. The van der Waals surface area contributed by atoms with Gasteiger partial charge in [-0.2, -0.15) is 0 Å². The molecule has 0 radical (unpaired) electrons.